The van der Waals surface area contributed by atoms with Crippen LogP contribution in [0.5, 0.6) is 5.75 Å². The number of aromatic nitrogens is 2. The summed E-state index contributed by atoms with van der Waals surface area (Å²) in [7, 11) is 0. The van der Waals surface area contributed by atoms with Crippen molar-refractivity contribution >= 4 is 17.6 Å². The molecule has 0 spiro atoms. The van der Waals surface area contributed by atoms with Gasteiger partial charge in [0.2, 0.25) is 0 Å². The fourth-order valence-electron chi connectivity index (χ4n) is 3.30. The predicted molar refractivity (Wildman–Crippen MR) is 106 cm³/mol. The zero-order valence-corrected chi connectivity index (χ0v) is 17.0. The van der Waals surface area contributed by atoms with Crippen molar-refractivity contribution in [3.05, 3.63) is 41.3 Å². The third-order valence-electron chi connectivity index (χ3n) is 4.65. The highest BCUT2D eigenvalue weighted by Gasteiger charge is 2.21. The van der Waals surface area contributed by atoms with Crippen molar-refractivity contribution < 1.29 is 14.3 Å². The SMILES string of the molecule is CC(C)(C)OC(=O)c1ccc(-n2ccc(OCCC3CCCC3)c2)nc1Cl. The molecule has 1 aliphatic rings. The van der Waals surface area contributed by atoms with Gasteiger partial charge in [0, 0.05) is 6.20 Å². The molecule has 1 aliphatic carbocycles. The van der Waals surface area contributed by atoms with Crippen molar-refractivity contribution in [2.45, 2.75) is 58.5 Å². The number of nitrogens with zero attached hydrogens (tertiary/aromatic N) is 2. The van der Waals surface area contributed by atoms with Gasteiger partial charge < -0.3 is 14.0 Å². The molecule has 0 bridgehead atoms. The van der Waals surface area contributed by atoms with Crippen molar-refractivity contribution in [2.24, 2.45) is 5.92 Å². The van der Waals surface area contributed by atoms with Gasteiger partial charge in [-0.15, -0.1) is 0 Å². The summed E-state index contributed by atoms with van der Waals surface area (Å²) in [6.07, 6.45) is 10.2. The Bertz CT molecular complexity index is 789. The Kier molecular flexibility index (Phi) is 6.10. The topological polar surface area (TPSA) is 53.4 Å². The van der Waals surface area contributed by atoms with Crippen molar-refractivity contribution in [1.29, 1.82) is 0 Å². The molecule has 0 atom stereocenters. The minimum Gasteiger partial charge on any atom is -0.492 e. The van der Waals surface area contributed by atoms with E-state index in [4.69, 9.17) is 21.1 Å². The van der Waals surface area contributed by atoms with Crippen LogP contribution in [0, 0.1) is 5.92 Å². The molecule has 2 aromatic rings. The first kappa shape index (κ1) is 19.7. The fraction of sp³-hybridized carbons (Fsp3) is 0.524. The molecule has 5 nitrogen and oxygen atoms in total. The predicted octanol–water partition coefficient (Wildman–Crippen LogP) is 5.44. The third kappa shape index (κ3) is 5.48. The molecule has 0 aliphatic heterocycles. The van der Waals surface area contributed by atoms with E-state index in [0.717, 1.165) is 24.7 Å². The van der Waals surface area contributed by atoms with Gasteiger partial charge in [0.05, 0.1) is 18.4 Å². The number of carbonyl (C=O) groups is 1. The van der Waals surface area contributed by atoms with Crippen LogP contribution in [0.2, 0.25) is 5.15 Å². The number of pyridine rings is 1. The van der Waals surface area contributed by atoms with Gasteiger partial charge in [0.15, 0.2) is 0 Å². The van der Waals surface area contributed by atoms with E-state index in [1.165, 1.54) is 25.7 Å². The van der Waals surface area contributed by atoms with E-state index in [-0.39, 0.29) is 10.7 Å². The number of halogens is 1. The van der Waals surface area contributed by atoms with E-state index in [2.05, 4.69) is 4.98 Å². The Hall–Kier alpha value is -2.01. The summed E-state index contributed by atoms with van der Waals surface area (Å²) in [5.41, 5.74) is -0.319. The van der Waals surface area contributed by atoms with Gasteiger partial charge >= 0.3 is 5.97 Å². The second-order valence-electron chi connectivity index (χ2n) is 8.05. The monoisotopic (exact) mass is 390 g/mol. The second kappa shape index (κ2) is 8.34. The van der Waals surface area contributed by atoms with Gasteiger partial charge in [-0.05, 0) is 51.3 Å². The maximum Gasteiger partial charge on any atom is 0.341 e. The lowest BCUT2D eigenvalue weighted by atomic mass is 10.1. The molecule has 27 heavy (non-hydrogen) atoms. The van der Waals surface area contributed by atoms with Crippen LogP contribution in [0.25, 0.3) is 5.82 Å². The molecule has 146 valence electrons. The molecule has 6 heteroatoms. The van der Waals surface area contributed by atoms with Gasteiger partial charge in [0.1, 0.15) is 22.3 Å². The molecule has 2 heterocycles. The molecule has 0 saturated heterocycles. The molecule has 0 N–H and O–H groups in total. The van der Waals surface area contributed by atoms with Crippen LogP contribution in [-0.4, -0.2) is 27.7 Å². The number of esters is 1. The Balaban J connectivity index is 1.62. The Morgan fingerprint density at radius 1 is 1.26 bits per heavy atom. The molecule has 0 radical (unpaired) electrons. The van der Waals surface area contributed by atoms with E-state index in [0.29, 0.717) is 5.82 Å². The lowest BCUT2D eigenvalue weighted by molar-refractivity contribution is 0.00693. The minimum atomic E-state index is -0.579. The smallest absolute Gasteiger partial charge is 0.341 e. The van der Waals surface area contributed by atoms with Gasteiger partial charge in [-0.2, -0.15) is 0 Å². The molecule has 0 aromatic carbocycles. The highest BCUT2D eigenvalue weighted by molar-refractivity contribution is 6.32. The second-order valence-corrected chi connectivity index (χ2v) is 8.41. The van der Waals surface area contributed by atoms with E-state index >= 15 is 0 Å². The summed E-state index contributed by atoms with van der Waals surface area (Å²) in [5, 5.41) is 0.124. The molecular weight excluding hydrogens is 364 g/mol. The van der Waals surface area contributed by atoms with Crippen LogP contribution in [0.1, 0.15) is 63.2 Å². The van der Waals surface area contributed by atoms with Crippen LogP contribution in [-0.2, 0) is 4.74 Å². The van der Waals surface area contributed by atoms with Crippen LogP contribution in [0.3, 0.4) is 0 Å². The standard InChI is InChI=1S/C21H27ClN2O3/c1-21(2,3)27-20(25)17-8-9-18(23-19(17)22)24-12-10-16(14-24)26-13-11-15-6-4-5-7-15/h8-10,12,14-15H,4-7,11,13H2,1-3H3. The van der Waals surface area contributed by atoms with Crippen LogP contribution < -0.4 is 4.74 Å². The first-order chi connectivity index (χ1) is 12.8. The average Bonchev–Trinajstić information content (AvgIpc) is 3.25. The zero-order valence-electron chi connectivity index (χ0n) is 16.2. The summed E-state index contributed by atoms with van der Waals surface area (Å²) in [6, 6.07) is 5.29. The maximum atomic E-state index is 12.2. The Morgan fingerprint density at radius 2 is 2.00 bits per heavy atom. The van der Waals surface area contributed by atoms with E-state index in [1.807, 2.05) is 43.8 Å². The first-order valence-corrected chi connectivity index (χ1v) is 9.91. The fourth-order valence-corrected chi connectivity index (χ4v) is 3.53. The van der Waals surface area contributed by atoms with Gasteiger partial charge in [-0.3, -0.25) is 0 Å². The summed E-state index contributed by atoms with van der Waals surface area (Å²) in [6.45, 7) is 6.18. The Morgan fingerprint density at radius 3 is 2.67 bits per heavy atom. The molecule has 1 saturated carbocycles. The first-order valence-electron chi connectivity index (χ1n) is 9.53. The maximum absolute atomic E-state index is 12.2. The Labute approximate surface area is 165 Å². The summed E-state index contributed by atoms with van der Waals surface area (Å²) < 4.78 is 13.0. The molecule has 1 fully saturated rings. The molecular formula is C21H27ClN2O3. The van der Waals surface area contributed by atoms with Gasteiger partial charge in [-0.25, -0.2) is 9.78 Å². The highest BCUT2D eigenvalue weighted by Crippen LogP contribution is 2.28. The number of carbonyl (C=O) groups excluding carboxylic acids is 1. The average molecular weight is 391 g/mol. The largest absolute Gasteiger partial charge is 0.492 e. The number of hydrogen-bond donors (Lipinski definition) is 0. The normalized spacial score (nSPS) is 15.1. The van der Waals surface area contributed by atoms with Crippen molar-refractivity contribution in [3.8, 4) is 11.6 Å². The minimum absolute atomic E-state index is 0.124. The summed E-state index contributed by atoms with van der Waals surface area (Å²) in [5.74, 6) is 1.77. The molecule has 2 aromatic heterocycles. The van der Waals surface area contributed by atoms with Crippen LogP contribution >= 0.6 is 11.6 Å². The van der Waals surface area contributed by atoms with Crippen molar-refractivity contribution in [1.82, 2.24) is 9.55 Å². The van der Waals surface area contributed by atoms with E-state index in [1.54, 1.807) is 12.1 Å². The zero-order chi connectivity index (χ0) is 19.4. The van der Waals surface area contributed by atoms with Crippen LogP contribution in [0.15, 0.2) is 30.6 Å². The van der Waals surface area contributed by atoms with Crippen molar-refractivity contribution in [2.75, 3.05) is 6.61 Å². The van der Waals surface area contributed by atoms with E-state index < -0.39 is 11.6 Å². The quantitative estimate of drug-likeness (QED) is 0.486. The van der Waals surface area contributed by atoms with Crippen molar-refractivity contribution in [3.63, 3.8) is 0 Å². The number of hydrogen-bond acceptors (Lipinski definition) is 4. The third-order valence-corrected chi connectivity index (χ3v) is 4.94. The lowest BCUT2D eigenvalue weighted by Gasteiger charge is -2.19. The molecule has 0 amide bonds. The number of rotatable bonds is 6. The van der Waals surface area contributed by atoms with Gasteiger partial charge in [-0.1, -0.05) is 37.3 Å². The summed E-state index contributed by atoms with van der Waals surface area (Å²) in [4.78, 5) is 16.5. The summed E-state index contributed by atoms with van der Waals surface area (Å²) >= 11 is 6.21. The number of ether oxygens (including phenoxy) is 2. The molecule has 3 rings (SSSR count). The highest BCUT2D eigenvalue weighted by atomic mass is 35.5. The van der Waals surface area contributed by atoms with Gasteiger partial charge in [0.25, 0.3) is 0 Å². The lowest BCUT2D eigenvalue weighted by Crippen LogP contribution is -2.24. The molecule has 0 unspecified atom stereocenters. The van der Waals surface area contributed by atoms with E-state index in [9.17, 15) is 4.79 Å². The van der Waals surface area contributed by atoms with Crippen LogP contribution in [0.4, 0.5) is 0 Å².